The number of carbonyl (C=O) groups excluding carboxylic acids is 5. The molecule has 3 aliphatic rings. The molecule has 11 nitrogen and oxygen atoms in total. The molecule has 0 radical (unpaired) electrons. The third-order valence-corrected chi connectivity index (χ3v) is 7.38. The van der Waals surface area contributed by atoms with Crippen molar-refractivity contribution >= 4 is 40.4 Å². The molecule has 38 heavy (non-hydrogen) atoms. The lowest BCUT2D eigenvalue weighted by atomic mass is 10.0. The van der Waals surface area contributed by atoms with Crippen LogP contribution in [-0.2, 0) is 23.9 Å². The van der Waals surface area contributed by atoms with E-state index >= 15 is 0 Å². The number of fused-ring (bicyclic) bond motifs is 2. The minimum absolute atomic E-state index is 0.0496. The predicted octanol–water partition coefficient (Wildman–Crippen LogP) is 1.46. The summed E-state index contributed by atoms with van der Waals surface area (Å²) in [7, 11) is 0. The molecule has 11 heteroatoms. The summed E-state index contributed by atoms with van der Waals surface area (Å²) in [4.78, 5) is 69.5. The molecular weight excluding hydrogens is 490 g/mol. The Morgan fingerprint density at radius 1 is 1.11 bits per heavy atom. The number of cyclic esters (lactones) is 1. The number of carbonyl (C=O) groups is 5. The second kappa shape index (κ2) is 10.8. The van der Waals surface area contributed by atoms with Crippen LogP contribution >= 0.6 is 0 Å². The van der Waals surface area contributed by atoms with Crippen molar-refractivity contribution in [3.63, 3.8) is 0 Å². The summed E-state index contributed by atoms with van der Waals surface area (Å²) in [6.45, 7) is 2.27. The van der Waals surface area contributed by atoms with Gasteiger partial charge in [-0.15, -0.1) is 0 Å². The molecule has 0 aliphatic carbocycles. The van der Waals surface area contributed by atoms with E-state index in [-0.39, 0.29) is 36.8 Å². The topological polar surface area (TPSA) is 138 Å². The van der Waals surface area contributed by atoms with Gasteiger partial charge in [0.05, 0.1) is 12.5 Å². The van der Waals surface area contributed by atoms with Gasteiger partial charge in [-0.1, -0.05) is 37.6 Å². The quantitative estimate of drug-likeness (QED) is 0.549. The van der Waals surface area contributed by atoms with Gasteiger partial charge in [0.2, 0.25) is 11.8 Å². The summed E-state index contributed by atoms with van der Waals surface area (Å²) in [6.07, 6.45) is 3.64. The van der Waals surface area contributed by atoms with Crippen molar-refractivity contribution in [3.8, 4) is 0 Å². The lowest BCUT2D eigenvalue weighted by Gasteiger charge is -2.43. The molecular formula is C27H31N5O6. The van der Waals surface area contributed by atoms with Crippen LogP contribution in [0.1, 0.15) is 62.4 Å². The Balaban J connectivity index is 1.36. The number of amides is 4. The van der Waals surface area contributed by atoms with Crippen LogP contribution in [-0.4, -0.2) is 75.4 Å². The van der Waals surface area contributed by atoms with Gasteiger partial charge < -0.3 is 15.4 Å². The van der Waals surface area contributed by atoms with E-state index in [9.17, 15) is 24.0 Å². The molecule has 3 aliphatic heterocycles. The highest BCUT2D eigenvalue weighted by atomic mass is 16.6. The molecule has 4 amide bonds. The molecule has 1 aromatic heterocycles. The van der Waals surface area contributed by atoms with Crippen molar-refractivity contribution in [1.82, 2.24) is 25.6 Å². The third kappa shape index (κ3) is 4.92. The van der Waals surface area contributed by atoms with Crippen LogP contribution in [0.25, 0.3) is 10.8 Å². The number of ether oxygens (including phenoxy) is 1. The zero-order valence-corrected chi connectivity index (χ0v) is 21.2. The maximum absolute atomic E-state index is 13.8. The Hall–Kier alpha value is -4.02. The van der Waals surface area contributed by atoms with Crippen molar-refractivity contribution in [2.24, 2.45) is 0 Å². The van der Waals surface area contributed by atoms with Crippen molar-refractivity contribution < 1.29 is 28.7 Å². The summed E-state index contributed by atoms with van der Waals surface area (Å²) in [5, 5.41) is 9.68. The van der Waals surface area contributed by atoms with E-state index < -0.39 is 42.0 Å². The van der Waals surface area contributed by atoms with Gasteiger partial charge in [-0.3, -0.25) is 34.0 Å². The number of rotatable bonds is 6. The van der Waals surface area contributed by atoms with Gasteiger partial charge in [-0.05, 0) is 37.1 Å². The zero-order chi connectivity index (χ0) is 26.8. The zero-order valence-electron chi connectivity index (χ0n) is 21.2. The van der Waals surface area contributed by atoms with Gasteiger partial charge in [0.1, 0.15) is 23.9 Å². The smallest absolute Gasteiger partial charge is 0.308 e. The van der Waals surface area contributed by atoms with Gasteiger partial charge in [0.25, 0.3) is 11.8 Å². The van der Waals surface area contributed by atoms with Crippen LogP contribution in [0.2, 0.25) is 0 Å². The molecule has 1 aromatic carbocycles. The molecule has 1 unspecified atom stereocenters. The summed E-state index contributed by atoms with van der Waals surface area (Å²) in [5.74, 6) is -2.14. The summed E-state index contributed by atoms with van der Waals surface area (Å²) in [6, 6.07) is 6.68. The average molecular weight is 522 g/mol. The van der Waals surface area contributed by atoms with E-state index in [0.29, 0.717) is 31.2 Å². The number of nitrogens with zero attached hydrogens (tertiary/aromatic N) is 3. The number of pyridine rings is 1. The summed E-state index contributed by atoms with van der Waals surface area (Å²) in [5.41, 5.74) is 0.184. The number of aromatic nitrogens is 1. The Morgan fingerprint density at radius 3 is 2.74 bits per heavy atom. The van der Waals surface area contributed by atoms with Gasteiger partial charge in [-0.25, -0.2) is 5.01 Å². The number of hydrazine groups is 1. The Labute approximate surface area is 219 Å². The Bertz CT molecular complexity index is 1280. The minimum atomic E-state index is -1.00. The first kappa shape index (κ1) is 25.6. The van der Waals surface area contributed by atoms with Crippen LogP contribution in [0, 0.1) is 0 Å². The third-order valence-electron chi connectivity index (χ3n) is 7.38. The van der Waals surface area contributed by atoms with Gasteiger partial charge in [-0.2, -0.15) is 0 Å². The van der Waals surface area contributed by atoms with Crippen LogP contribution in [0.5, 0.6) is 0 Å². The van der Waals surface area contributed by atoms with Crippen LogP contribution in [0.15, 0.2) is 36.5 Å². The van der Waals surface area contributed by atoms with E-state index in [0.717, 1.165) is 11.8 Å². The normalized spacial score (nSPS) is 25.6. The SMILES string of the molecule is CCC[C@@H]1OC(=O)C[C@@H]1NC(=O)C1CCCN2C(=O)CC[C@H](NC(=O)c3nccc4ccccc34)C(=O)N12. The van der Waals surface area contributed by atoms with E-state index in [1.807, 2.05) is 19.1 Å². The summed E-state index contributed by atoms with van der Waals surface area (Å²) >= 11 is 0. The molecule has 4 atom stereocenters. The fourth-order valence-corrected chi connectivity index (χ4v) is 5.51. The van der Waals surface area contributed by atoms with Crippen molar-refractivity contribution in [2.75, 3.05) is 6.54 Å². The highest BCUT2D eigenvalue weighted by Crippen LogP contribution is 2.27. The molecule has 2 aromatic rings. The first-order valence-electron chi connectivity index (χ1n) is 13.1. The highest BCUT2D eigenvalue weighted by Gasteiger charge is 2.46. The predicted molar refractivity (Wildman–Crippen MR) is 135 cm³/mol. The fraction of sp³-hybridized carbons (Fsp3) is 0.481. The minimum Gasteiger partial charge on any atom is -0.460 e. The lowest BCUT2D eigenvalue weighted by Crippen LogP contribution is -2.64. The molecule has 2 N–H and O–H groups in total. The average Bonchev–Trinajstić information content (AvgIpc) is 3.21. The second-order valence-electron chi connectivity index (χ2n) is 9.94. The fourth-order valence-electron chi connectivity index (χ4n) is 5.51. The first-order valence-corrected chi connectivity index (χ1v) is 13.1. The molecule has 200 valence electrons. The standard InChI is InChI=1S/C27H31N5O6/c1-2-6-21-19(15-23(34)38-21)30-25(35)20-9-5-14-31-22(33)11-10-18(27(37)32(20)31)29-26(36)24-17-8-4-3-7-16(17)12-13-28-24/h3-4,7-8,12-13,18-21H,2,5-6,9-11,14-15H2,1H3,(H,29,36)(H,30,35)/t18-,19-,20?,21-/m0/s1. The maximum atomic E-state index is 13.8. The van der Waals surface area contributed by atoms with Crippen LogP contribution < -0.4 is 10.6 Å². The monoisotopic (exact) mass is 521 g/mol. The van der Waals surface area contributed by atoms with Gasteiger partial charge in [0, 0.05) is 24.5 Å². The van der Waals surface area contributed by atoms with Crippen molar-refractivity contribution in [1.29, 1.82) is 0 Å². The molecule has 0 bridgehead atoms. The number of hydrogen-bond donors (Lipinski definition) is 2. The Kier molecular flexibility index (Phi) is 7.26. The number of nitrogens with one attached hydrogen (secondary N) is 2. The maximum Gasteiger partial charge on any atom is 0.308 e. The number of esters is 1. The molecule has 0 spiro atoms. The second-order valence-corrected chi connectivity index (χ2v) is 9.94. The largest absolute Gasteiger partial charge is 0.460 e. The number of benzene rings is 1. The molecule has 4 heterocycles. The lowest BCUT2D eigenvalue weighted by molar-refractivity contribution is -0.176. The highest BCUT2D eigenvalue weighted by molar-refractivity contribution is 6.06. The van der Waals surface area contributed by atoms with Crippen LogP contribution in [0.3, 0.4) is 0 Å². The Morgan fingerprint density at radius 2 is 1.92 bits per heavy atom. The summed E-state index contributed by atoms with van der Waals surface area (Å²) < 4.78 is 5.35. The van der Waals surface area contributed by atoms with Crippen molar-refractivity contribution in [3.05, 3.63) is 42.2 Å². The first-order chi connectivity index (χ1) is 18.4. The van der Waals surface area contributed by atoms with Crippen LogP contribution in [0.4, 0.5) is 0 Å². The van der Waals surface area contributed by atoms with E-state index in [4.69, 9.17) is 4.74 Å². The molecule has 3 saturated heterocycles. The van der Waals surface area contributed by atoms with Gasteiger partial charge >= 0.3 is 5.97 Å². The molecule has 0 saturated carbocycles. The van der Waals surface area contributed by atoms with Crippen molar-refractivity contribution in [2.45, 2.75) is 76.1 Å². The van der Waals surface area contributed by atoms with E-state index in [1.54, 1.807) is 18.2 Å². The van der Waals surface area contributed by atoms with E-state index in [1.165, 1.54) is 16.2 Å². The number of hydrogen-bond acceptors (Lipinski definition) is 7. The van der Waals surface area contributed by atoms with E-state index in [2.05, 4.69) is 15.6 Å². The molecule has 3 fully saturated rings. The van der Waals surface area contributed by atoms with Gasteiger partial charge in [0.15, 0.2) is 0 Å². The molecule has 5 rings (SSSR count).